The van der Waals surface area contributed by atoms with Gasteiger partial charge < -0.3 is 15.4 Å². The van der Waals surface area contributed by atoms with Crippen LogP contribution in [0.2, 0.25) is 0 Å². The first-order valence-electron chi connectivity index (χ1n) is 9.34. The van der Waals surface area contributed by atoms with E-state index in [2.05, 4.69) is 16.7 Å². The quantitative estimate of drug-likeness (QED) is 0.752. The number of amides is 4. The molecule has 8 heteroatoms. The van der Waals surface area contributed by atoms with E-state index in [4.69, 9.17) is 4.74 Å². The summed E-state index contributed by atoms with van der Waals surface area (Å²) in [5.41, 5.74) is -1.64. The number of ether oxygens (including phenoxy) is 1. The maximum Gasteiger partial charge on any atom is 0.325 e. The normalized spacial score (nSPS) is 23.7. The molecule has 1 atom stereocenters. The number of hydrogen-bond acceptors (Lipinski definition) is 5. The SMILES string of the molecule is COc1cccc([C@@]2(C)NC(=O)N(CC(=O)NC3(C#N)CCCCC3)C2=O)c1. The average Bonchev–Trinajstić information content (AvgIpc) is 2.92. The van der Waals surface area contributed by atoms with Gasteiger partial charge in [-0.15, -0.1) is 0 Å². The van der Waals surface area contributed by atoms with Crippen LogP contribution in [0.25, 0.3) is 0 Å². The van der Waals surface area contributed by atoms with Crippen LogP contribution in [0.3, 0.4) is 0 Å². The van der Waals surface area contributed by atoms with Crippen molar-refractivity contribution in [2.24, 2.45) is 0 Å². The van der Waals surface area contributed by atoms with Gasteiger partial charge in [0.1, 0.15) is 23.4 Å². The Balaban J connectivity index is 1.74. The van der Waals surface area contributed by atoms with E-state index in [-0.39, 0.29) is 0 Å². The number of methoxy groups -OCH3 is 1. The first-order valence-corrected chi connectivity index (χ1v) is 9.34. The molecule has 0 spiro atoms. The second-order valence-electron chi connectivity index (χ2n) is 7.48. The summed E-state index contributed by atoms with van der Waals surface area (Å²) in [6.07, 6.45) is 3.93. The third kappa shape index (κ3) is 3.52. The number of rotatable bonds is 5. The molecule has 8 nitrogen and oxygen atoms in total. The molecule has 148 valence electrons. The Kier molecular flexibility index (Phi) is 5.27. The molecule has 0 unspecified atom stereocenters. The number of nitrogens with zero attached hydrogens (tertiary/aromatic N) is 2. The van der Waals surface area contributed by atoms with E-state index in [0.29, 0.717) is 24.2 Å². The number of urea groups is 1. The number of hydrogen-bond donors (Lipinski definition) is 2. The van der Waals surface area contributed by atoms with Gasteiger partial charge >= 0.3 is 6.03 Å². The molecule has 1 aliphatic carbocycles. The molecule has 0 aromatic heterocycles. The molecule has 4 amide bonds. The van der Waals surface area contributed by atoms with Crippen molar-refractivity contribution in [1.82, 2.24) is 15.5 Å². The first-order chi connectivity index (χ1) is 13.3. The zero-order valence-electron chi connectivity index (χ0n) is 16.1. The molecular weight excluding hydrogens is 360 g/mol. The molecule has 1 aliphatic heterocycles. The topological polar surface area (TPSA) is 112 Å². The standard InChI is InChI=1S/C20H24N4O4/c1-19(14-7-6-8-15(11-14)28-2)17(26)24(18(27)23-19)12-16(25)22-20(13-21)9-4-3-5-10-20/h6-8,11H,3-5,9-10,12H2,1-2H3,(H,22,25)(H,23,27)/t19-/m1/s1. The molecule has 0 radical (unpaired) electrons. The lowest BCUT2D eigenvalue weighted by atomic mass is 9.83. The van der Waals surface area contributed by atoms with Crippen LogP contribution in [0.5, 0.6) is 5.75 Å². The van der Waals surface area contributed by atoms with Crippen LogP contribution in [-0.4, -0.2) is 41.9 Å². The van der Waals surface area contributed by atoms with Crippen molar-refractivity contribution in [1.29, 1.82) is 5.26 Å². The molecule has 1 saturated heterocycles. The van der Waals surface area contributed by atoms with E-state index >= 15 is 0 Å². The van der Waals surface area contributed by atoms with Crippen LogP contribution in [0.15, 0.2) is 24.3 Å². The number of carbonyl (C=O) groups excluding carboxylic acids is 3. The smallest absolute Gasteiger partial charge is 0.325 e. The van der Waals surface area contributed by atoms with E-state index < -0.39 is 35.5 Å². The minimum Gasteiger partial charge on any atom is -0.497 e. The highest BCUT2D eigenvalue weighted by molar-refractivity contribution is 6.09. The van der Waals surface area contributed by atoms with Gasteiger partial charge in [-0.25, -0.2) is 4.79 Å². The maximum atomic E-state index is 13.0. The highest BCUT2D eigenvalue weighted by atomic mass is 16.5. The molecular formula is C20H24N4O4. The minimum absolute atomic E-state index is 0.423. The maximum absolute atomic E-state index is 13.0. The van der Waals surface area contributed by atoms with Crippen molar-refractivity contribution in [3.05, 3.63) is 29.8 Å². The molecule has 28 heavy (non-hydrogen) atoms. The van der Waals surface area contributed by atoms with Gasteiger partial charge in [0.15, 0.2) is 0 Å². The van der Waals surface area contributed by atoms with E-state index in [1.165, 1.54) is 7.11 Å². The van der Waals surface area contributed by atoms with Crippen molar-refractivity contribution >= 4 is 17.8 Å². The molecule has 1 saturated carbocycles. The highest BCUT2D eigenvalue weighted by Crippen LogP contribution is 2.31. The van der Waals surface area contributed by atoms with Gasteiger partial charge in [-0.05, 0) is 37.5 Å². The third-order valence-electron chi connectivity index (χ3n) is 5.52. The van der Waals surface area contributed by atoms with Crippen LogP contribution in [0, 0.1) is 11.3 Å². The summed E-state index contributed by atoms with van der Waals surface area (Å²) in [7, 11) is 1.52. The largest absolute Gasteiger partial charge is 0.497 e. The van der Waals surface area contributed by atoms with E-state index in [9.17, 15) is 19.6 Å². The van der Waals surface area contributed by atoms with Crippen LogP contribution in [0.4, 0.5) is 4.79 Å². The fourth-order valence-corrected chi connectivity index (χ4v) is 3.84. The molecule has 1 aromatic rings. The summed E-state index contributed by atoms with van der Waals surface area (Å²) < 4.78 is 5.19. The predicted molar refractivity (Wildman–Crippen MR) is 100 cm³/mol. The molecule has 1 heterocycles. The number of benzene rings is 1. The molecule has 2 aliphatic rings. The van der Waals surface area contributed by atoms with Gasteiger partial charge in [0, 0.05) is 0 Å². The molecule has 2 N–H and O–H groups in total. The van der Waals surface area contributed by atoms with Crippen molar-refractivity contribution in [3.63, 3.8) is 0 Å². The first kappa shape index (κ1) is 19.7. The number of carbonyl (C=O) groups is 3. The lowest BCUT2D eigenvalue weighted by Gasteiger charge is -2.32. The van der Waals surface area contributed by atoms with Crippen molar-refractivity contribution in [3.8, 4) is 11.8 Å². The fourth-order valence-electron chi connectivity index (χ4n) is 3.84. The van der Waals surface area contributed by atoms with Gasteiger partial charge in [-0.2, -0.15) is 5.26 Å². The van der Waals surface area contributed by atoms with E-state index in [1.807, 2.05) is 0 Å². The minimum atomic E-state index is -1.29. The lowest BCUT2D eigenvalue weighted by molar-refractivity contribution is -0.135. The third-order valence-corrected chi connectivity index (χ3v) is 5.52. The Hall–Kier alpha value is -3.08. The van der Waals surface area contributed by atoms with Crippen molar-refractivity contribution in [2.75, 3.05) is 13.7 Å². The summed E-state index contributed by atoms with van der Waals surface area (Å²) in [5.74, 6) is -0.470. The van der Waals surface area contributed by atoms with Crippen LogP contribution in [-0.2, 0) is 15.1 Å². The summed E-state index contributed by atoms with van der Waals surface area (Å²) in [6, 6.07) is 8.43. The van der Waals surface area contributed by atoms with Crippen LogP contribution >= 0.6 is 0 Å². The number of nitrogens with one attached hydrogen (secondary N) is 2. The van der Waals surface area contributed by atoms with E-state index in [0.717, 1.165) is 24.2 Å². The fraction of sp³-hybridized carbons (Fsp3) is 0.500. The molecule has 0 bridgehead atoms. The lowest BCUT2D eigenvalue weighted by Crippen LogP contribution is -2.52. The van der Waals surface area contributed by atoms with Gasteiger partial charge in [-0.1, -0.05) is 31.4 Å². The zero-order valence-corrected chi connectivity index (χ0v) is 16.1. The second-order valence-corrected chi connectivity index (χ2v) is 7.48. The summed E-state index contributed by atoms with van der Waals surface area (Å²) in [5, 5.41) is 14.9. The monoisotopic (exact) mass is 384 g/mol. The van der Waals surface area contributed by atoms with Gasteiger partial charge in [0.05, 0.1) is 13.2 Å². The Bertz CT molecular complexity index is 841. The van der Waals surface area contributed by atoms with Gasteiger partial charge in [0.2, 0.25) is 5.91 Å². The molecule has 1 aromatic carbocycles. The van der Waals surface area contributed by atoms with Crippen molar-refractivity contribution < 1.29 is 19.1 Å². The molecule has 3 rings (SSSR count). The Morgan fingerprint density at radius 3 is 2.68 bits per heavy atom. The zero-order chi connectivity index (χ0) is 20.4. The van der Waals surface area contributed by atoms with Crippen LogP contribution in [0.1, 0.15) is 44.6 Å². The number of imide groups is 1. The molecule has 2 fully saturated rings. The summed E-state index contributed by atoms with van der Waals surface area (Å²) in [4.78, 5) is 38.8. The van der Waals surface area contributed by atoms with Crippen molar-refractivity contribution in [2.45, 2.75) is 50.1 Å². The Morgan fingerprint density at radius 2 is 2.04 bits per heavy atom. The second kappa shape index (κ2) is 7.50. The van der Waals surface area contributed by atoms with Gasteiger partial charge in [-0.3, -0.25) is 14.5 Å². The highest BCUT2D eigenvalue weighted by Gasteiger charge is 2.50. The van der Waals surface area contributed by atoms with Gasteiger partial charge in [0.25, 0.3) is 5.91 Å². The average molecular weight is 384 g/mol. The summed E-state index contributed by atoms with van der Waals surface area (Å²) in [6.45, 7) is 1.17. The Morgan fingerprint density at radius 1 is 1.32 bits per heavy atom. The predicted octanol–water partition coefficient (Wildman–Crippen LogP) is 1.80. The number of nitriles is 1. The van der Waals surface area contributed by atoms with Crippen LogP contribution < -0.4 is 15.4 Å². The Labute approximate surface area is 163 Å². The van der Waals surface area contributed by atoms with E-state index in [1.54, 1.807) is 31.2 Å². The summed E-state index contributed by atoms with van der Waals surface area (Å²) >= 11 is 0.